The van der Waals surface area contributed by atoms with Crippen LogP contribution < -0.4 is 4.90 Å². The van der Waals surface area contributed by atoms with Gasteiger partial charge in [0.25, 0.3) is 0 Å². The van der Waals surface area contributed by atoms with Gasteiger partial charge in [-0.2, -0.15) is 0 Å². The summed E-state index contributed by atoms with van der Waals surface area (Å²) in [5.74, 6) is 3.58. The van der Waals surface area contributed by atoms with Gasteiger partial charge in [-0.1, -0.05) is 66.7 Å². The number of rotatable bonds is 3. The van der Waals surface area contributed by atoms with Crippen LogP contribution in [0.25, 0.3) is 11.1 Å². The van der Waals surface area contributed by atoms with Crippen molar-refractivity contribution in [3.63, 3.8) is 0 Å². The van der Waals surface area contributed by atoms with E-state index in [1.165, 1.54) is 60.3 Å². The quantitative estimate of drug-likeness (QED) is 0.299. The van der Waals surface area contributed by atoms with E-state index in [2.05, 4.69) is 108 Å². The van der Waals surface area contributed by atoms with Crippen molar-refractivity contribution in [1.82, 2.24) is 0 Å². The molecule has 1 heteroatoms. The topological polar surface area (TPSA) is 3.24 Å². The molecule has 4 aromatic rings. The third-order valence-corrected chi connectivity index (χ3v) is 9.82. The molecule has 0 aliphatic heterocycles. The van der Waals surface area contributed by atoms with Gasteiger partial charge in [-0.25, -0.2) is 0 Å². The van der Waals surface area contributed by atoms with Crippen LogP contribution in [0.5, 0.6) is 0 Å². The molecule has 4 aromatic carbocycles. The molecule has 0 unspecified atom stereocenters. The van der Waals surface area contributed by atoms with Crippen LogP contribution in [-0.4, -0.2) is 0 Å². The zero-order valence-electron chi connectivity index (χ0n) is 20.1. The molecule has 1 nitrogen and oxygen atoms in total. The Labute approximate surface area is 208 Å². The van der Waals surface area contributed by atoms with Gasteiger partial charge in [0.05, 0.1) is 0 Å². The molecular formula is C34H31N. The van der Waals surface area contributed by atoms with E-state index in [0.717, 1.165) is 23.7 Å². The minimum atomic E-state index is 0.238. The van der Waals surface area contributed by atoms with Crippen LogP contribution >= 0.6 is 0 Å². The second-order valence-corrected chi connectivity index (χ2v) is 11.5. The molecule has 9 rings (SSSR count). The number of anilines is 3. The lowest BCUT2D eigenvalue weighted by molar-refractivity contribution is -0.0399. The van der Waals surface area contributed by atoms with E-state index in [1.807, 2.05) is 0 Å². The Hall–Kier alpha value is -3.32. The third-order valence-electron chi connectivity index (χ3n) is 9.82. The summed E-state index contributed by atoms with van der Waals surface area (Å²) in [5, 5.41) is 0. The summed E-state index contributed by atoms with van der Waals surface area (Å²) in [5.41, 5.74) is 10.1. The van der Waals surface area contributed by atoms with Gasteiger partial charge in [-0.3, -0.25) is 0 Å². The molecule has 4 saturated carbocycles. The maximum Gasteiger partial charge on any atom is 0.0468 e. The summed E-state index contributed by atoms with van der Waals surface area (Å²) in [6.07, 6.45) is 7.23. The van der Waals surface area contributed by atoms with E-state index in [-0.39, 0.29) is 5.41 Å². The summed E-state index contributed by atoms with van der Waals surface area (Å²) in [7, 11) is 0. The molecule has 0 radical (unpaired) electrons. The molecule has 4 fully saturated rings. The number of para-hydroxylation sites is 2. The second kappa shape index (κ2) is 7.34. The molecular weight excluding hydrogens is 422 g/mol. The Morgan fingerprint density at radius 2 is 1.03 bits per heavy atom. The van der Waals surface area contributed by atoms with Crippen LogP contribution in [0.4, 0.5) is 17.1 Å². The summed E-state index contributed by atoms with van der Waals surface area (Å²) in [6, 6.07) is 38.4. The molecule has 0 heterocycles. The number of fused-ring (bicyclic) bond motifs is 3. The van der Waals surface area contributed by atoms with Crippen LogP contribution in [0.1, 0.15) is 43.2 Å². The molecule has 35 heavy (non-hydrogen) atoms. The fourth-order valence-corrected chi connectivity index (χ4v) is 8.89. The highest BCUT2D eigenvalue weighted by molar-refractivity contribution is 5.87. The molecule has 0 saturated heterocycles. The SMILES string of the molecule is c1ccc(N(c2ccccc2)c2ccc3c(c2)-c2ccccc2C32C3CC4CC(C3)CC2C4)cc1. The summed E-state index contributed by atoms with van der Waals surface area (Å²) in [6.45, 7) is 0. The van der Waals surface area contributed by atoms with Gasteiger partial charge in [-0.15, -0.1) is 0 Å². The first-order valence-electron chi connectivity index (χ1n) is 13.5. The Kier molecular flexibility index (Phi) is 4.18. The van der Waals surface area contributed by atoms with Gasteiger partial charge in [0.1, 0.15) is 0 Å². The van der Waals surface area contributed by atoms with Crippen molar-refractivity contribution >= 4 is 17.1 Å². The fraction of sp³-hybridized carbons (Fsp3) is 0.294. The van der Waals surface area contributed by atoms with Crippen molar-refractivity contribution in [3.05, 3.63) is 114 Å². The van der Waals surface area contributed by atoms with Crippen LogP contribution in [-0.2, 0) is 5.41 Å². The van der Waals surface area contributed by atoms with Gasteiger partial charge in [0.15, 0.2) is 0 Å². The van der Waals surface area contributed by atoms with Gasteiger partial charge >= 0.3 is 0 Å². The van der Waals surface area contributed by atoms with Crippen molar-refractivity contribution in [3.8, 4) is 11.1 Å². The zero-order valence-corrected chi connectivity index (χ0v) is 20.1. The highest BCUT2D eigenvalue weighted by atomic mass is 15.1. The lowest BCUT2D eigenvalue weighted by Gasteiger charge is -2.61. The van der Waals surface area contributed by atoms with E-state index in [9.17, 15) is 0 Å². The first-order valence-corrected chi connectivity index (χ1v) is 13.5. The van der Waals surface area contributed by atoms with Crippen LogP contribution in [0.15, 0.2) is 103 Å². The number of hydrogen-bond acceptors (Lipinski definition) is 1. The molecule has 4 bridgehead atoms. The van der Waals surface area contributed by atoms with E-state index in [4.69, 9.17) is 0 Å². The van der Waals surface area contributed by atoms with E-state index < -0.39 is 0 Å². The zero-order chi connectivity index (χ0) is 23.0. The molecule has 5 aliphatic carbocycles. The largest absolute Gasteiger partial charge is 0.310 e. The molecule has 5 aliphatic rings. The molecule has 0 N–H and O–H groups in total. The number of benzene rings is 4. The third kappa shape index (κ3) is 2.70. The first kappa shape index (κ1) is 19.9. The normalized spacial score (nSPS) is 29.3. The Balaban J connectivity index is 1.34. The smallest absolute Gasteiger partial charge is 0.0468 e. The second-order valence-electron chi connectivity index (χ2n) is 11.5. The Morgan fingerprint density at radius 1 is 0.486 bits per heavy atom. The average molecular weight is 454 g/mol. The number of nitrogens with zero attached hydrogens (tertiary/aromatic N) is 1. The van der Waals surface area contributed by atoms with E-state index in [0.29, 0.717) is 0 Å². The van der Waals surface area contributed by atoms with Crippen molar-refractivity contribution in [2.75, 3.05) is 4.90 Å². The van der Waals surface area contributed by atoms with E-state index >= 15 is 0 Å². The highest BCUT2D eigenvalue weighted by Gasteiger charge is 2.61. The van der Waals surface area contributed by atoms with Crippen molar-refractivity contribution < 1.29 is 0 Å². The van der Waals surface area contributed by atoms with Crippen LogP contribution in [0.3, 0.4) is 0 Å². The lowest BCUT2D eigenvalue weighted by atomic mass is 9.43. The fourth-order valence-electron chi connectivity index (χ4n) is 8.89. The van der Waals surface area contributed by atoms with Gasteiger partial charge in [0, 0.05) is 22.5 Å². The van der Waals surface area contributed by atoms with Gasteiger partial charge in [0.2, 0.25) is 0 Å². The Morgan fingerprint density at radius 3 is 1.66 bits per heavy atom. The maximum absolute atomic E-state index is 2.52. The summed E-state index contributed by atoms with van der Waals surface area (Å²) in [4.78, 5) is 2.41. The van der Waals surface area contributed by atoms with Crippen molar-refractivity contribution in [1.29, 1.82) is 0 Å². The number of hydrogen-bond donors (Lipinski definition) is 0. The standard InChI is InChI=1S/C34H31N/c1-3-9-27(10-4-1)35(28-11-5-2-6-12-28)29-15-16-33-31(22-29)30-13-7-8-14-32(30)34(33)25-18-23-17-24(20-25)21-26(34)19-23/h1-16,22-26H,17-21H2. The van der Waals surface area contributed by atoms with Gasteiger partial charge in [-0.05, 0) is 114 Å². The molecule has 1 spiro atoms. The monoisotopic (exact) mass is 453 g/mol. The van der Waals surface area contributed by atoms with Gasteiger partial charge < -0.3 is 4.90 Å². The van der Waals surface area contributed by atoms with Crippen LogP contribution in [0.2, 0.25) is 0 Å². The summed E-state index contributed by atoms with van der Waals surface area (Å²) >= 11 is 0. The minimum Gasteiger partial charge on any atom is -0.310 e. The molecule has 0 amide bonds. The Bertz CT molecular complexity index is 1340. The summed E-state index contributed by atoms with van der Waals surface area (Å²) < 4.78 is 0. The lowest BCUT2D eigenvalue weighted by Crippen LogP contribution is -2.55. The predicted molar refractivity (Wildman–Crippen MR) is 144 cm³/mol. The first-order chi connectivity index (χ1) is 17.3. The predicted octanol–water partition coefficient (Wildman–Crippen LogP) is 8.88. The molecule has 172 valence electrons. The van der Waals surface area contributed by atoms with Crippen molar-refractivity contribution in [2.24, 2.45) is 23.7 Å². The maximum atomic E-state index is 2.52. The molecule has 0 aromatic heterocycles. The molecule has 0 atom stereocenters. The van der Waals surface area contributed by atoms with E-state index in [1.54, 1.807) is 11.1 Å². The highest BCUT2D eigenvalue weighted by Crippen LogP contribution is 2.69. The van der Waals surface area contributed by atoms with Crippen LogP contribution in [0, 0.1) is 23.7 Å². The average Bonchev–Trinajstić information content (AvgIpc) is 3.19. The van der Waals surface area contributed by atoms with Crippen molar-refractivity contribution in [2.45, 2.75) is 37.5 Å². The minimum absolute atomic E-state index is 0.238.